The summed E-state index contributed by atoms with van der Waals surface area (Å²) < 4.78 is 5.13. The van der Waals surface area contributed by atoms with Crippen LogP contribution in [-0.4, -0.2) is 20.1 Å². The van der Waals surface area contributed by atoms with Gasteiger partial charge in [-0.1, -0.05) is 5.16 Å². The number of hydrogen-bond donors (Lipinski definition) is 2. The molecule has 78 valence electrons. The van der Waals surface area contributed by atoms with E-state index >= 15 is 0 Å². The number of rotatable bonds is 1. The molecule has 1 aliphatic heterocycles. The number of H-pyrrole nitrogens is 1. The van der Waals surface area contributed by atoms with Crippen LogP contribution in [0.1, 0.15) is 29.1 Å². The molecule has 0 radical (unpaired) electrons. The van der Waals surface area contributed by atoms with Crippen LogP contribution in [-0.2, 0) is 13.0 Å². The monoisotopic (exact) mass is 205 g/mol. The summed E-state index contributed by atoms with van der Waals surface area (Å²) in [6, 6.07) is 0.0852. The summed E-state index contributed by atoms with van der Waals surface area (Å²) in [5.74, 6) is 1.31. The van der Waals surface area contributed by atoms with Crippen molar-refractivity contribution in [3.8, 4) is 0 Å². The number of nitrogens with zero attached hydrogens (tertiary/aromatic N) is 3. The first kappa shape index (κ1) is 8.60. The molecule has 3 heterocycles. The summed E-state index contributed by atoms with van der Waals surface area (Å²) in [6.07, 6.45) is 2.51. The van der Waals surface area contributed by atoms with E-state index < -0.39 is 0 Å². The second-order valence-corrected chi connectivity index (χ2v) is 3.65. The van der Waals surface area contributed by atoms with Crippen LogP contribution in [0.5, 0.6) is 0 Å². The van der Waals surface area contributed by atoms with Crippen molar-refractivity contribution in [2.45, 2.75) is 25.9 Å². The molecule has 6 heteroatoms. The van der Waals surface area contributed by atoms with Gasteiger partial charge in [-0.25, -0.2) is 4.98 Å². The third-order valence-corrected chi connectivity index (χ3v) is 2.57. The van der Waals surface area contributed by atoms with Gasteiger partial charge in [0.2, 0.25) is 5.89 Å². The van der Waals surface area contributed by atoms with Gasteiger partial charge in [-0.05, 0) is 6.92 Å². The van der Waals surface area contributed by atoms with Gasteiger partial charge in [0, 0.05) is 13.0 Å². The average molecular weight is 205 g/mol. The van der Waals surface area contributed by atoms with E-state index in [9.17, 15) is 0 Å². The molecular formula is C9H11N5O. The normalized spacial score (nSPS) is 20.2. The highest BCUT2D eigenvalue weighted by molar-refractivity contribution is 5.17. The van der Waals surface area contributed by atoms with E-state index in [0.29, 0.717) is 11.7 Å². The molecule has 0 bridgehead atoms. The Labute approximate surface area is 86.1 Å². The Kier molecular flexibility index (Phi) is 1.81. The van der Waals surface area contributed by atoms with Crippen molar-refractivity contribution in [2.24, 2.45) is 0 Å². The van der Waals surface area contributed by atoms with Crippen LogP contribution in [0.25, 0.3) is 0 Å². The lowest BCUT2D eigenvalue weighted by Crippen LogP contribution is -2.28. The lowest BCUT2D eigenvalue weighted by molar-refractivity contribution is 0.317. The second kappa shape index (κ2) is 3.16. The van der Waals surface area contributed by atoms with Crippen molar-refractivity contribution < 1.29 is 4.52 Å². The van der Waals surface area contributed by atoms with Crippen LogP contribution >= 0.6 is 0 Å². The van der Waals surface area contributed by atoms with Crippen LogP contribution in [0.3, 0.4) is 0 Å². The molecule has 6 nitrogen and oxygen atoms in total. The molecule has 0 unspecified atom stereocenters. The van der Waals surface area contributed by atoms with Crippen LogP contribution in [0.4, 0.5) is 0 Å². The van der Waals surface area contributed by atoms with Crippen molar-refractivity contribution >= 4 is 0 Å². The maximum atomic E-state index is 5.13. The molecular weight excluding hydrogens is 194 g/mol. The first-order valence-electron chi connectivity index (χ1n) is 4.87. The van der Waals surface area contributed by atoms with E-state index in [2.05, 4.69) is 25.4 Å². The largest absolute Gasteiger partial charge is 0.347 e. The minimum Gasteiger partial charge on any atom is -0.347 e. The Morgan fingerprint density at radius 3 is 3.27 bits per heavy atom. The summed E-state index contributed by atoms with van der Waals surface area (Å²) >= 11 is 0. The van der Waals surface area contributed by atoms with Crippen molar-refractivity contribution in [3.63, 3.8) is 0 Å². The van der Waals surface area contributed by atoms with E-state index in [1.54, 1.807) is 6.33 Å². The Hall–Kier alpha value is -1.69. The summed E-state index contributed by atoms with van der Waals surface area (Å²) in [5.41, 5.74) is 2.22. The first-order valence-corrected chi connectivity index (χ1v) is 4.87. The molecule has 2 aromatic rings. The SMILES string of the molecule is Cc1noc([C@@H]2Cc3nc[nH]c3CN2)n1. The molecule has 1 aliphatic rings. The van der Waals surface area contributed by atoms with Crippen LogP contribution in [0, 0.1) is 6.92 Å². The second-order valence-electron chi connectivity index (χ2n) is 3.65. The average Bonchev–Trinajstić information content (AvgIpc) is 2.84. The molecule has 0 amide bonds. The maximum Gasteiger partial charge on any atom is 0.244 e. The highest BCUT2D eigenvalue weighted by atomic mass is 16.5. The fraction of sp³-hybridized carbons (Fsp3) is 0.444. The number of imidazole rings is 1. The van der Waals surface area contributed by atoms with Crippen molar-refractivity contribution in [3.05, 3.63) is 29.4 Å². The summed E-state index contributed by atoms with van der Waals surface area (Å²) in [6.45, 7) is 2.58. The molecule has 0 saturated heterocycles. The van der Waals surface area contributed by atoms with Gasteiger partial charge in [-0.2, -0.15) is 4.98 Å². The topological polar surface area (TPSA) is 79.6 Å². The minimum absolute atomic E-state index is 0.0852. The standard InChI is InChI=1S/C9H11N5O/c1-5-13-9(15-14-5)7-2-6-8(3-10-7)12-4-11-6/h4,7,10H,2-3H2,1H3,(H,11,12)/t7-/m0/s1. The maximum absolute atomic E-state index is 5.13. The van der Waals surface area contributed by atoms with Crippen LogP contribution in [0.15, 0.2) is 10.9 Å². The number of aryl methyl sites for hydroxylation is 1. The third-order valence-electron chi connectivity index (χ3n) is 2.57. The van der Waals surface area contributed by atoms with Gasteiger partial charge in [0.25, 0.3) is 0 Å². The molecule has 1 atom stereocenters. The smallest absolute Gasteiger partial charge is 0.244 e. The third kappa shape index (κ3) is 1.42. The molecule has 0 aliphatic carbocycles. The zero-order valence-electron chi connectivity index (χ0n) is 8.32. The number of aromatic nitrogens is 4. The zero-order valence-corrected chi connectivity index (χ0v) is 8.32. The molecule has 2 aromatic heterocycles. The van der Waals surface area contributed by atoms with Gasteiger partial charge in [0.15, 0.2) is 5.82 Å². The highest BCUT2D eigenvalue weighted by Gasteiger charge is 2.25. The van der Waals surface area contributed by atoms with Gasteiger partial charge >= 0.3 is 0 Å². The van der Waals surface area contributed by atoms with E-state index in [4.69, 9.17) is 4.52 Å². The molecule has 2 N–H and O–H groups in total. The highest BCUT2D eigenvalue weighted by Crippen LogP contribution is 2.22. The van der Waals surface area contributed by atoms with Crippen molar-refractivity contribution in [1.29, 1.82) is 0 Å². The molecule has 15 heavy (non-hydrogen) atoms. The lowest BCUT2D eigenvalue weighted by Gasteiger charge is -2.19. The lowest BCUT2D eigenvalue weighted by atomic mass is 10.1. The first-order chi connectivity index (χ1) is 7.33. The Balaban J connectivity index is 1.87. The van der Waals surface area contributed by atoms with Gasteiger partial charge in [-0.3, -0.25) is 5.32 Å². The number of fused-ring (bicyclic) bond motifs is 1. The molecule has 0 aromatic carbocycles. The minimum atomic E-state index is 0.0852. The van der Waals surface area contributed by atoms with E-state index in [1.165, 1.54) is 0 Å². The van der Waals surface area contributed by atoms with Crippen LogP contribution < -0.4 is 5.32 Å². The number of nitrogens with one attached hydrogen (secondary N) is 2. The zero-order chi connectivity index (χ0) is 10.3. The van der Waals surface area contributed by atoms with Gasteiger partial charge < -0.3 is 9.51 Å². The summed E-state index contributed by atoms with van der Waals surface area (Å²) in [4.78, 5) is 11.6. The van der Waals surface area contributed by atoms with E-state index in [0.717, 1.165) is 24.4 Å². The molecule has 0 spiro atoms. The van der Waals surface area contributed by atoms with E-state index in [-0.39, 0.29) is 6.04 Å². The van der Waals surface area contributed by atoms with Crippen LogP contribution in [0.2, 0.25) is 0 Å². The fourth-order valence-electron chi connectivity index (χ4n) is 1.80. The van der Waals surface area contributed by atoms with Crippen molar-refractivity contribution in [2.75, 3.05) is 0 Å². The quantitative estimate of drug-likeness (QED) is 0.708. The Bertz CT molecular complexity index is 474. The summed E-state index contributed by atoms with van der Waals surface area (Å²) in [7, 11) is 0. The number of aromatic amines is 1. The number of hydrogen-bond acceptors (Lipinski definition) is 5. The predicted molar refractivity (Wildman–Crippen MR) is 50.9 cm³/mol. The molecule has 3 rings (SSSR count). The van der Waals surface area contributed by atoms with Gasteiger partial charge in [0.05, 0.1) is 23.8 Å². The summed E-state index contributed by atoms with van der Waals surface area (Å²) in [5, 5.41) is 7.10. The van der Waals surface area contributed by atoms with Gasteiger partial charge in [-0.15, -0.1) is 0 Å². The Morgan fingerprint density at radius 1 is 1.53 bits per heavy atom. The molecule has 0 fully saturated rings. The van der Waals surface area contributed by atoms with Crippen molar-refractivity contribution in [1.82, 2.24) is 25.4 Å². The fourth-order valence-corrected chi connectivity index (χ4v) is 1.80. The predicted octanol–water partition coefficient (Wildman–Crippen LogP) is 0.488. The molecule has 0 saturated carbocycles. The van der Waals surface area contributed by atoms with Gasteiger partial charge in [0.1, 0.15) is 0 Å². The Morgan fingerprint density at radius 2 is 2.47 bits per heavy atom. The van der Waals surface area contributed by atoms with E-state index in [1.807, 2.05) is 6.92 Å².